The molecule has 4 heterocycles. The molecule has 0 aliphatic rings. The van der Waals surface area contributed by atoms with E-state index < -0.39 is 0 Å². The van der Waals surface area contributed by atoms with Gasteiger partial charge in [0.05, 0.1) is 35.1 Å². The number of hydrogen-bond acceptors (Lipinski definition) is 3. The van der Waals surface area contributed by atoms with E-state index in [4.69, 9.17) is 0 Å². The lowest BCUT2D eigenvalue weighted by Gasteiger charge is -1.97. The Bertz CT molecular complexity index is 842. The largest absolute Gasteiger partial charge is 0.352 e. The standard InChI is InChI=1S/C13H8N4/c1-3-14-5-10-8(1)13-9-2-4-15-6-11(9)17-12(13)7-16-10/h1-7,17H. The van der Waals surface area contributed by atoms with Crippen molar-refractivity contribution in [3.63, 3.8) is 0 Å². The molecule has 0 bridgehead atoms. The summed E-state index contributed by atoms with van der Waals surface area (Å²) in [5.74, 6) is 0. The van der Waals surface area contributed by atoms with Crippen LogP contribution in [-0.4, -0.2) is 19.9 Å². The number of rotatable bonds is 0. The Labute approximate surface area is 96.3 Å². The molecular formula is C13H8N4. The molecule has 4 nitrogen and oxygen atoms in total. The van der Waals surface area contributed by atoms with Gasteiger partial charge in [0.15, 0.2) is 0 Å². The topological polar surface area (TPSA) is 54.5 Å². The van der Waals surface area contributed by atoms with Gasteiger partial charge in [-0.25, -0.2) is 0 Å². The summed E-state index contributed by atoms with van der Waals surface area (Å²) in [5.41, 5.74) is 2.98. The molecular weight excluding hydrogens is 212 g/mol. The van der Waals surface area contributed by atoms with Crippen LogP contribution in [0.15, 0.2) is 43.1 Å². The second kappa shape index (κ2) is 3.01. The van der Waals surface area contributed by atoms with Gasteiger partial charge in [0.2, 0.25) is 0 Å². The Balaban J connectivity index is 2.38. The number of fused-ring (bicyclic) bond motifs is 5. The summed E-state index contributed by atoms with van der Waals surface area (Å²) in [4.78, 5) is 15.9. The summed E-state index contributed by atoms with van der Waals surface area (Å²) in [6.07, 6.45) is 9.07. The molecule has 0 aromatic carbocycles. The van der Waals surface area contributed by atoms with Crippen molar-refractivity contribution in [3.8, 4) is 0 Å². The molecule has 0 saturated heterocycles. The number of aromatic nitrogens is 4. The second-order valence-corrected chi connectivity index (χ2v) is 3.99. The first kappa shape index (κ1) is 8.64. The highest BCUT2D eigenvalue weighted by molar-refractivity contribution is 6.18. The van der Waals surface area contributed by atoms with E-state index in [1.807, 2.05) is 30.7 Å². The van der Waals surface area contributed by atoms with Gasteiger partial charge in [-0.3, -0.25) is 15.0 Å². The Morgan fingerprint density at radius 2 is 1.65 bits per heavy atom. The van der Waals surface area contributed by atoms with Crippen LogP contribution >= 0.6 is 0 Å². The molecule has 4 rings (SSSR count). The number of nitrogens with one attached hydrogen (secondary N) is 1. The first-order chi connectivity index (χ1) is 8.43. The minimum absolute atomic E-state index is 0.915. The number of pyridine rings is 3. The molecule has 0 saturated carbocycles. The second-order valence-electron chi connectivity index (χ2n) is 3.99. The molecule has 1 N–H and O–H groups in total. The molecule has 4 aromatic rings. The van der Waals surface area contributed by atoms with E-state index in [1.54, 1.807) is 12.4 Å². The fourth-order valence-corrected chi connectivity index (χ4v) is 2.29. The maximum atomic E-state index is 4.39. The molecule has 17 heavy (non-hydrogen) atoms. The van der Waals surface area contributed by atoms with Crippen molar-refractivity contribution >= 4 is 32.7 Å². The number of H-pyrrole nitrogens is 1. The SMILES string of the molecule is c1cc2c(cn1)ncc1[nH]c3cnccc3c12. The summed E-state index contributed by atoms with van der Waals surface area (Å²) in [6, 6.07) is 4.02. The van der Waals surface area contributed by atoms with E-state index in [-0.39, 0.29) is 0 Å². The van der Waals surface area contributed by atoms with E-state index in [2.05, 4.69) is 19.9 Å². The molecule has 0 fully saturated rings. The van der Waals surface area contributed by atoms with Crippen LogP contribution in [0.2, 0.25) is 0 Å². The highest BCUT2D eigenvalue weighted by Gasteiger charge is 2.08. The van der Waals surface area contributed by atoms with Gasteiger partial charge in [-0.2, -0.15) is 0 Å². The van der Waals surface area contributed by atoms with Gasteiger partial charge in [-0.1, -0.05) is 0 Å². The molecule has 0 atom stereocenters. The monoisotopic (exact) mass is 220 g/mol. The maximum Gasteiger partial charge on any atom is 0.0893 e. The summed E-state index contributed by atoms with van der Waals surface area (Å²) < 4.78 is 0. The van der Waals surface area contributed by atoms with Crippen molar-refractivity contribution in [1.29, 1.82) is 0 Å². The fourth-order valence-electron chi connectivity index (χ4n) is 2.29. The van der Waals surface area contributed by atoms with Gasteiger partial charge < -0.3 is 4.98 Å². The lowest BCUT2D eigenvalue weighted by atomic mass is 10.1. The molecule has 0 amide bonds. The van der Waals surface area contributed by atoms with Crippen molar-refractivity contribution in [3.05, 3.63) is 43.1 Å². The number of aromatic amines is 1. The minimum Gasteiger partial charge on any atom is -0.352 e. The normalized spacial score (nSPS) is 11.5. The van der Waals surface area contributed by atoms with Gasteiger partial charge in [-0.05, 0) is 12.1 Å². The first-order valence-electron chi connectivity index (χ1n) is 5.37. The van der Waals surface area contributed by atoms with Crippen LogP contribution < -0.4 is 0 Å². The smallest absolute Gasteiger partial charge is 0.0893 e. The lowest BCUT2D eigenvalue weighted by molar-refractivity contribution is 1.32. The molecule has 0 radical (unpaired) electrons. The zero-order chi connectivity index (χ0) is 11.2. The van der Waals surface area contributed by atoms with E-state index in [1.165, 1.54) is 10.8 Å². The van der Waals surface area contributed by atoms with Gasteiger partial charge in [0, 0.05) is 28.6 Å². The Morgan fingerprint density at radius 3 is 2.59 bits per heavy atom. The van der Waals surface area contributed by atoms with Crippen LogP contribution in [0.25, 0.3) is 32.7 Å². The van der Waals surface area contributed by atoms with Crippen molar-refractivity contribution in [2.45, 2.75) is 0 Å². The van der Waals surface area contributed by atoms with Crippen molar-refractivity contribution in [1.82, 2.24) is 19.9 Å². The summed E-state index contributed by atoms with van der Waals surface area (Å²) in [7, 11) is 0. The molecule has 0 spiro atoms. The van der Waals surface area contributed by atoms with E-state index in [0.717, 1.165) is 21.9 Å². The molecule has 0 unspecified atom stereocenters. The highest BCUT2D eigenvalue weighted by Crippen LogP contribution is 2.29. The van der Waals surface area contributed by atoms with Crippen LogP contribution in [0.1, 0.15) is 0 Å². The van der Waals surface area contributed by atoms with Gasteiger partial charge in [-0.15, -0.1) is 0 Å². The first-order valence-corrected chi connectivity index (χ1v) is 5.37. The summed E-state index contributed by atoms with van der Waals surface area (Å²) >= 11 is 0. The van der Waals surface area contributed by atoms with Crippen LogP contribution in [-0.2, 0) is 0 Å². The predicted molar refractivity (Wildman–Crippen MR) is 66.7 cm³/mol. The Kier molecular flexibility index (Phi) is 1.53. The maximum absolute atomic E-state index is 4.39. The van der Waals surface area contributed by atoms with Crippen LogP contribution in [0, 0.1) is 0 Å². The van der Waals surface area contributed by atoms with Crippen LogP contribution in [0.4, 0.5) is 0 Å². The average molecular weight is 220 g/mol. The molecule has 0 aliphatic heterocycles. The van der Waals surface area contributed by atoms with E-state index in [9.17, 15) is 0 Å². The third kappa shape index (κ3) is 1.09. The zero-order valence-corrected chi connectivity index (χ0v) is 8.88. The van der Waals surface area contributed by atoms with Crippen molar-refractivity contribution in [2.24, 2.45) is 0 Å². The third-order valence-corrected chi connectivity index (χ3v) is 3.03. The lowest BCUT2D eigenvalue weighted by Crippen LogP contribution is -1.81. The number of hydrogen-bond donors (Lipinski definition) is 1. The molecule has 4 heteroatoms. The average Bonchev–Trinajstić information content (AvgIpc) is 2.77. The van der Waals surface area contributed by atoms with Crippen LogP contribution in [0.5, 0.6) is 0 Å². The quantitative estimate of drug-likeness (QED) is 0.495. The molecule has 0 aliphatic carbocycles. The Hall–Kier alpha value is -2.49. The summed E-state index contributed by atoms with van der Waals surface area (Å²) in [6.45, 7) is 0. The molecule has 4 aromatic heterocycles. The Morgan fingerprint density at radius 1 is 0.824 bits per heavy atom. The van der Waals surface area contributed by atoms with Crippen molar-refractivity contribution in [2.75, 3.05) is 0 Å². The third-order valence-electron chi connectivity index (χ3n) is 3.03. The van der Waals surface area contributed by atoms with E-state index >= 15 is 0 Å². The van der Waals surface area contributed by atoms with E-state index in [0.29, 0.717) is 0 Å². The van der Waals surface area contributed by atoms with Gasteiger partial charge >= 0.3 is 0 Å². The zero-order valence-electron chi connectivity index (χ0n) is 8.88. The van der Waals surface area contributed by atoms with Crippen molar-refractivity contribution < 1.29 is 0 Å². The predicted octanol–water partition coefficient (Wildman–Crippen LogP) is 2.66. The number of nitrogens with zero attached hydrogens (tertiary/aromatic N) is 3. The highest BCUT2D eigenvalue weighted by atomic mass is 14.8. The summed E-state index contributed by atoms with van der Waals surface area (Å²) in [5, 5.41) is 3.48. The fraction of sp³-hybridized carbons (Fsp3) is 0. The van der Waals surface area contributed by atoms with Crippen LogP contribution in [0.3, 0.4) is 0 Å². The molecule has 80 valence electrons. The minimum atomic E-state index is 0.915. The van der Waals surface area contributed by atoms with Gasteiger partial charge in [0.25, 0.3) is 0 Å². The van der Waals surface area contributed by atoms with Gasteiger partial charge in [0.1, 0.15) is 0 Å².